The molecule has 1 atom stereocenters. The summed E-state index contributed by atoms with van der Waals surface area (Å²) in [5.74, 6) is 0.515. The third-order valence-electron chi connectivity index (χ3n) is 4.77. The minimum atomic E-state index is -0.611. The average Bonchev–Trinajstić information content (AvgIpc) is 3.13. The maximum atomic E-state index is 12.7. The van der Waals surface area contributed by atoms with Gasteiger partial charge < -0.3 is 10.1 Å². The first-order chi connectivity index (χ1) is 14.4. The van der Waals surface area contributed by atoms with E-state index in [4.69, 9.17) is 4.74 Å². The zero-order chi connectivity index (χ0) is 21.3. The fraction of sp³-hybridized carbons (Fsp3) is 0.208. The molecule has 0 fully saturated rings. The third-order valence-corrected chi connectivity index (χ3v) is 5.80. The highest BCUT2D eigenvalue weighted by Gasteiger charge is 2.17. The number of hydrogen-bond acceptors (Lipinski definition) is 5. The number of carbonyl (C=O) groups is 1. The molecular weight excluding hydrogens is 394 g/mol. The molecule has 1 N–H and O–H groups in total. The number of aryl methyl sites for hydroxylation is 3. The summed E-state index contributed by atoms with van der Waals surface area (Å²) in [7, 11) is 0. The van der Waals surface area contributed by atoms with Crippen molar-refractivity contribution in [3.63, 3.8) is 0 Å². The van der Waals surface area contributed by atoms with Crippen molar-refractivity contribution in [1.82, 2.24) is 9.97 Å². The lowest BCUT2D eigenvalue weighted by Gasteiger charge is -2.17. The van der Waals surface area contributed by atoms with Crippen LogP contribution in [-0.2, 0) is 4.79 Å². The Morgan fingerprint density at radius 3 is 2.53 bits per heavy atom. The van der Waals surface area contributed by atoms with Crippen LogP contribution in [-0.4, -0.2) is 22.0 Å². The molecule has 0 aliphatic rings. The molecule has 5 nitrogen and oxygen atoms in total. The minimum absolute atomic E-state index is 0.186. The van der Waals surface area contributed by atoms with Crippen LogP contribution in [0.5, 0.6) is 5.75 Å². The maximum absolute atomic E-state index is 12.7. The molecule has 0 saturated carbocycles. The molecule has 0 radical (unpaired) electrons. The van der Waals surface area contributed by atoms with E-state index < -0.39 is 6.10 Å². The van der Waals surface area contributed by atoms with E-state index in [2.05, 4.69) is 21.4 Å². The van der Waals surface area contributed by atoms with Crippen LogP contribution in [0.25, 0.3) is 20.9 Å². The molecule has 2 heterocycles. The first kappa shape index (κ1) is 20.0. The van der Waals surface area contributed by atoms with Gasteiger partial charge in [-0.3, -0.25) is 4.79 Å². The Morgan fingerprint density at radius 1 is 1.07 bits per heavy atom. The zero-order valence-corrected chi connectivity index (χ0v) is 18.2. The molecule has 1 amide bonds. The summed E-state index contributed by atoms with van der Waals surface area (Å²) in [4.78, 5) is 22.6. The van der Waals surface area contributed by atoms with Crippen molar-refractivity contribution >= 4 is 33.3 Å². The molecule has 0 aliphatic heterocycles. The number of anilines is 1. The summed E-state index contributed by atoms with van der Waals surface area (Å²) in [6.45, 7) is 7.75. The van der Waals surface area contributed by atoms with Crippen molar-refractivity contribution in [2.75, 3.05) is 5.32 Å². The summed E-state index contributed by atoms with van der Waals surface area (Å²) in [6.07, 6.45) is 1.16. The van der Waals surface area contributed by atoms with Gasteiger partial charge in [0, 0.05) is 17.4 Å². The number of hydrogen-bond donors (Lipinski definition) is 1. The molecule has 0 saturated heterocycles. The highest BCUT2D eigenvalue weighted by atomic mass is 32.1. The zero-order valence-electron chi connectivity index (χ0n) is 17.4. The van der Waals surface area contributed by atoms with Crippen LogP contribution in [0.2, 0.25) is 0 Å². The van der Waals surface area contributed by atoms with Crippen molar-refractivity contribution in [2.24, 2.45) is 0 Å². The van der Waals surface area contributed by atoms with Gasteiger partial charge in [-0.1, -0.05) is 17.4 Å². The van der Waals surface area contributed by atoms with E-state index in [0.717, 1.165) is 43.3 Å². The molecule has 152 valence electrons. The van der Waals surface area contributed by atoms with E-state index in [-0.39, 0.29) is 5.91 Å². The van der Waals surface area contributed by atoms with Crippen LogP contribution < -0.4 is 10.1 Å². The second kappa shape index (κ2) is 8.24. The molecule has 0 bridgehead atoms. The lowest BCUT2D eigenvalue weighted by molar-refractivity contribution is -0.122. The summed E-state index contributed by atoms with van der Waals surface area (Å²) >= 11 is 1.56. The molecular formula is C24H23N3O2S. The monoisotopic (exact) mass is 417 g/mol. The molecule has 4 aromatic rings. The lowest BCUT2D eigenvalue weighted by Crippen LogP contribution is -2.30. The van der Waals surface area contributed by atoms with Gasteiger partial charge in [0.25, 0.3) is 5.91 Å². The van der Waals surface area contributed by atoms with E-state index in [1.165, 1.54) is 0 Å². The van der Waals surface area contributed by atoms with Crippen LogP contribution in [0.4, 0.5) is 5.69 Å². The molecule has 0 spiro atoms. The van der Waals surface area contributed by atoms with Gasteiger partial charge in [0.2, 0.25) is 0 Å². The number of benzene rings is 2. The number of pyridine rings is 1. The van der Waals surface area contributed by atoms with Crippen LogP contribution in [0.1, 0.15) is 23.6 Å². The molecule has 2 aromatic carbocycles. The van der Waals surface area contributed by atoms with Crippen molar-refractivity contribution in [2.45, 2.75) is 33.8 Å². The van der Waals surface area contributed by atoms with E-state index in [0.29, 0.717) is 5.75 Å². The minimum Gasteiger partial charge on any atom is -0.481 e. The van der Waals surface area contributed by atoms with Gasteiger partial charge in [-0.15, -0.1) is 0 Å². The second-order valence-corrected chi connectivity index (χ2v) is 8.43. The highest BCUT2D eigenvalue weighted by Crippen LogP contribution is 2.31. The van der Waals surface area contributed by atoms with Gasteiger partial charge in [0.05, 0.1) is 0 Å². The SMILES string of the molecule is Cc1cc(C)cc(OC(C)C(=O)Nc2ccc(-c3nc4cccnc4s3)cc2C)c1. The van der Waals surface area contributed by atoms with Gasteiger partial charge in [-0.05, 0) is 86.8 Å². The Morgan fingerprint density at radius 2 is 1.83 bits per heavy atom. The number of thiazole rings is 1. The van der Waals surface area contributed by atoms with Crippen molar-refractivity contribution < 1.29 is 9.53 Å². The largest absolute Gasteiger partial charge is 0.481 e. The van der Waals surface area contributed by atoms with Gasteiger partial charge in [0.1, 0.15) is 21.1 Å². The molecule has 6 heteroatoms. The quantitative estimate of drug-likeness (QED) is 0.453. The Bertz CT molecular complexity index is 1180. The fourth-order valence-corrected chi connectivity index (χ4v) is 4.23. The number of fused-ring (bicyclic) bond motifs is 1. The Balaban J connectivity index is 1.48. The number of rotatable bonds is 5. The first-order valence-corrected chi connectivity index (χ1v) is 10.6. The Kier molecular flexibility index (Phi) is 5.50. The van der Waals surface area contributed by atoms with Crippen molar-refractivity contribution in [1.29, 1.82) is 0 Å². The second-order valence-electron chi connectivity index (χ2n) is 7.45. The molecule has 30 heavy (non-hydrogen) atoms. The van der Waals surface area contributed by atoms with E-state index >= 15 is 0 Å². The smallest absolute Gasteiger partial charge is 0.265 e. The number of ether oxygens (including phenoxy) is 1. The van der Waals surface area contributed by atoms with Crippen molar-refractivity contribution in [3.05, 3.63) is 71.4 Å². The highest BCUT2D eigenvalue weighted by molar-refractivity contribution is 7.21. The van der Waals surface area contributed by atoms with Gasteiger partial charge >= 0.3 is 0 Å². The Labute approximate surface area is 179 Å². The summed E-state index contributed by atoms with van der Waals surface area (Å²) in [5, 5.41) is 3.88. The molecule has 1 unspecified atom stereocenters. The lowest BCUT2D eigenvalue weighted by atomic mass is 10.1. The Hall–Kier alpha value is -3.25. The normalized spacial score (nSPS) is 12.0. The van der Waals surface area contributed by atoms with Crippen LogP contribution in [0, 0.1) is 20.8 Å². The van der Waals surface area contributed by atoms with Crippen LogP contribution in [0.15, 0.2) is 54.7 Å². The standard InChI is InChI=1S/C24H23N3O2S/c1-14-10-15(2)12-19(11-14)29-17(4)22(28)26-20-8-7-18(13-16(20)3)23-27-21-6-5-9-25-24(21)30-23/h5-13,17H,1-4H3,(H,26,28). The first-order valence-electron chi connectivity index (χ1n) is 9.77. The van der Waals surface area contributed by atoms with Crippen LogP contribution >= 0.6 is 11.3 Å². The number of nitrogens with one attached hydrogen (secondary N) is 1. The van der Waals surface area contributed by atoms with E-state index in [1.807, 2.05) is 63.2 Å². The van der Waals surface area contributed by atoms with Crippen molar-refractivity contribution in [3.8, 4) is 16.3 Å². The summed E-state index contributed by atoms with van der Waals surface area (Å²) in [6, 6.07) is 15.7. The number of nitrogens with zero attached hydrogens (tertiary/aromatic N) is 2. The van der Waals surface area contributed by atoms with Gasteiger partial charge in [-0.25, -0.2) is 9.97 Å². The average molecular weight is 418 g/mol. The third kappa shape index (κ3) is 4.33. The van der Waals surface area contributed by atoms with Gasteiger partial charge in [0.15, 0.2) is 6.10 Å². The predicted molar refractivity (Wildman–Crippen MR) is 122 cm³/mol. The van der Waals surface area contributed by atoms with E-state index in [1.54, 1.807) is 24.5 Å². The summed E-state index contributed by atoms with van der Waals surface area (Å²) < 4.78 is 5.85. The number of amides is 1. The van der Waals surface area contributed by atoms with E-state index in [9.17, 15) is 4.79 Å². The van der Waals surface area contributed by atoms with Crippen LogP contribution in [0.3, 0.4) is 0 Å². The summed E-state index contributed by atoms with van der Waals surface area (Å²) in [5.41, 5.74) is 5.84. The topological polar surface area (TPSA) is 64.1 Å². The molecule has 2 aromatic heterocycles. The number of carbonyl (C=O) groups excluding carboxylic acids is 1. The predicted octanol–water partition coefficient (Wildman–Crippen LogP) is 5.69. The molecule has 4 rings (SSSR count). The van der Waals surface area contributed by atoms with Gasteiger partial charge in [-0.2, -0.15) is 0 Å². The molecule has 0 aliphatic carbocycles. The number of aromatic nitrogens is 2. The fourth-order valence-electron chi connectivity index (χ4n) is 3.32. The maximum Gasteiger partial charge on any atom is 0.265 e.